The molecule has 0 unspecified atom stereocenters. The van der Waals surface area contributed by atoms with Gasteiger partial charge in [-0.2, -0.15) is 0 Å². The Morgan fingerprint density at radius 1 is 0.970 bits per heavy atom. The maximum atomic E-state index is 12.9. The first-order chi connectivity index (χ1) is 15.9. The van der Waals surface area contributed by atoms with Gasteiger partial charge < -0.3 is 9.47 Å². The molecule has 1 N–H and O–H groups in total. The molecule has 176 valence electrons. The number of carbonyl (C=O) groups excluding carboxylic acids is 2. The number of hydrogen-bond donors (Lipinski definition) is 1. The summed E-state index contributed by atoms with van der Waals surface area (Å²) in [6.07, 6.45) is 0.192. The lowest BCUT2D eigenvalue weighted by Gasteiger charge is -2.26. The van der Waals surface area contributed by atoms with Crippen LogP contribution in [0.25, 0.3) is 0 Å². The molecule has 2 aliphatic rings. The second-order valence-corrected chi connectivity index (χ2v) is 9.75. The van der Waals surface area contributed by atoms with Crippen LogP contribution < -0.4 is 14.4 Å². The highest BCUT2D eigenvalue weighted by Gasteiger charge is 2.33. The van der Waals surface area contributed by atoms with E-state index in [1.54, 1.807) is 0 Å². The lowest BCUT2D eigenvalue weighted by Crippen LogP contribution is -2.35. The highest BCUT2D eigenvalue weighted by molar-refractivity contribution is 7.89. The van der Waals surface area contributed by atoms with Gasteiger partial charge in [0.05, 0.1) is 30.9 Å². The Morgan fingerprint density at radius 2 is 1.61 bits per heavy atom. The van der Waals surface area contributed by atoms with E-state index in [-0.39, 0.29) is 47.5 Å². The van der Waals surface area contributed by atoms with Gasteiger partial charge in [0, 0.05) is 39.0 Å². The van der Waals surface area contributed by atoms with Gasteiger partial charge in [-0.15, -0.1) is 0 Å². The molecule has 33 heavy (non-hydrogen) atoms. The van der Waals surface area contributed by atoms with Gasteiger partial charge in [0.2, 0.25) is 21.8 Å². The first kappa shape index (κ1) is 23.4. The quantitative estimate of drug-likeness (QED) is 0.582. The maximum Gasteiger partial charge on any atom is 0.240 e. The van der Waals surface area contributed by atoms with Crippen LogP contribution in [0.2, 0.25) is 0 Å². The summed E-state index contributed by atoms with van der Waals surface area (Å²) in [5, 5.41) is 0. The van der Waals surface area contributed by atoms with E-state index in [1.807, 2.05) is 24.3 Å². The average molecular weight is 474 g/mol. The summed E-state index contributed by atoms with van der Waals surface area (Å²) in [5.74, 6) is -0.496. The summed E-state index contributed by atoms with van der Waals surface area (Å²) in [7, 11) is -2.48. The van der Waals surface area contributed by atoms with E-state index in [1.165, 1.54) is 25.3 Å². The molecular weight excluding hydrogens is 446 g/mol. The lowest BCUT2D eigenvalue weighted by atomic mass is 10.1. The molecule has 10 heteroatoms. The van der Waals surface area contributed by atoms with Crippen molar-refractivity contribution in [2.24, 2.45) is 0 Å². The maximum absolute atomic E-state index is 12.9. The van der Waals surface area contributed by atoms with Crippen molar-refractivity contribution in [1.29, 1.82) is 0 Å². The van der Waals surface area contributed by atoms with Crippen molar-refractivity contribution in [2.45, 2.75) is 30.8 Å². The number of methoxy groups -OCH3 is 1. The van der Waals surface area contributed by atoms with Crippen molar-refractivity contribution in [3.63, 3.8) is 0 Å². The first-order valence-corrected chi connectivity index (χ1v) is 12.3. The second-order valence-electron chi connectivity index (χ2n) is 7.99. The predicted octanol–water partition coefficient (Wildman–Crippen LogP) is 1.66. The molecule has 0 aliphatic carbocycles. The first-order valence-electron chi connectivity index (χ1n) is 10.8. The second kappa shape index (κ2) is 10.0. The van der Waals surface area contributed by atoms with Gasteiger partial charge in [0.25, 0.3) is 0 Å². The summed E-state index contributed by atoms with van der Waals surface area (Å²) in [6, 6.07) is 11.9. The molecular formula is C23H27N3O6S. The number of sulfonamides is 1. The fraction of sp³-hybridized carbons (Fsp3) is 0.391. The van der Waals surface area contributed by atoms with Crippen molar-refractivity contribution in [2.75, 3.05) is 38.3 Å². The molecule has 2 amide bonds. The predicted molar refractivity (Wildman–Crippen MR) is 121 cm³/mol. The summed E-state index contributed by atoms with van der Waals surface area (Å²) in [4.78, 5) is 27.6. The molecule has 0 bridgehead atoms. The molecule has 2 saturated heterocycles. The minimum atomic E-state index is -3.88. The van der Waals surface area contributed by atoms with E-state index in [4.69, 9.17) is 9.47 Å². The van der Waals surface area contributed by atoms with Gasteiger partial charge in [-0.05, 0) is 29.3 Å². The lowest BCUT2D eigenvalue weighted by molar-refractivity contribution is -0.121. The van der Waals surface area contributed by atoms with Gasteiger partial charge in [-0.25, -0.2) is 18.0 Å². The standard InChI is InChI=1S/C23H27N3O6S/c1-31-21-7-6-19(14-20(21)26-22(27)8-9-23(26)28)33(29,30)24-15-17-2-4-18(5-3-17)16-25-10-12-32-13-11-25/h2-7,14,24H,8-13,15-16H2,1H3. The number of morpholine rings is 1. The van der Waals surface area contributed by atoms with Crippen molar-refractivity contribution in [1.82, 2.24) is 9.62 Å². The molecule has 9 nitrogen and oxygen atoms in total. The Bertz CT molecular complexity index is 1110. The highest BCUT2D eigenvalue weighted by atomic mass is 32.2. The van der Waals surface area contributed by atoms with Crippen LogP contribution in [0.15, 0.2) is 47.4 Å². The monoisotopic (exact) mass is 473 g/mol. The third-order valence-electron chi connectivity index (χ3n) is 5.75. The molecule has 2 heterocycles. The Labute approximate surface area is 193 Å². The van der Waals surface area contributed by atoms with Crippen LogP contribution in [0.3, 0.4) is 0 Å². The number of rotatable bonds is 8. The van der Waals surface area contributed by atoms with Crippen LogP contribution in [0.5, 0.6) is 5.75 Å². The number of amides is 2. The molecule has 0 radical (unpaired) electrons. The van der Waals surface area contributed by atoms with Crippen LogP contribution in [-0.2, 0) is 37.4 Å². The van der Waals surface area contributed by atoms with E-state index < -0.39 is 10.0 Å². The number of benzene rings is 2. The molecule has 2 fully saturated rings. The van der Waals surface area contributed by atoms with Gasteiger partial charge in [-0.3, -0.25) is 14.5 Å². The molecule has 4 rings (SSSR count). The molecule has 2 aromatic rings. The molecule has 2 aromatic carbocycles. The summed E-state index contributed by atoms with van der Waals surface area (Å²) in [5.41, 5.74) is 2.12. The average Bonchev–Trinajstić information content (AvgIpc) is 3.16. The number of imide groups is 1. The van der Waals surface area contributed by atoms with Crippen LogP contribution in [0, 0.1) is 0 Å². The van der Waals surface area contributed by atoms with Crippen LogP contribution >= 0.6 is 0 Å². The molecule has 0 spiro atoms. The zero-order valence-electron chi connectivity index (χ0n) is 18.5. The zero-order chi connectivity index (χ0) is 23.4. The van der Waals surface area contributed by atoms with Crippen LogP contribution in [-0.4, -0.2) is 58.5 Å². The Morgan fingerprint density at radius 3 is 2.24 bits per heavy atom. The van der Waals surface area contributed by atoms with Crippen molar-refractivity contribution < 1.29 is 27.5 Å². The highest BCUT2D eigenvalue weighted by Crippen LogP contribution is 2.34. The summed E-state index contributed by atoms with van der Waals surface area (Å²) >= 11 is 0. The van der Waals surface area contributed by atoms with E-state index in [0.29, 0.717) is 0 Å². The SMILES string of the molecule is COc1ccc(S(=O)(=O)NCc2ccc(CN3CCOCC3)cc2)cc1N1C(=O)CCC1=O. The third-order valence-corrected chi connectivity index (χ3v) is 7.15. The Balaban J connectivity index is 1.45. The molecule has 0 atom stereocenters. The van der Waals surface area contributed by atoms with Gasteiger partial charge in [-0.1, -0.05) is 24.3 Å². The van der Waals surface area contributed by atoms with Crippen molar-refractivity contribution in [3.05, 3.63) is 53.6 Å². The fourth-order valence-corrected chi connectivity index (χ4v) is 4.94. The van der Waals surface area contributed by atoms with Crippen molar-refractivity contribution >= 4 is 27.5 Å². The number of nitrogens with zero attached hydrogens (tertiary/aromatic N) is 2. The third kappa shape index (κ3) is 5.41. The minimum absolute atomic E-state index is 0.0465. The number of anilines is 1. The van der Waals surface area contributed by atoms with E-state index in [0.717, 1.165) is 48.9 Å². The largest absolute Gasteiger partial charge is 0.495 e. The minimum Gasteiger partial charge on any atom is -0.495 e. The normalized spacial score (nSPS) is 17.5. The molecule has 0 aromatic heterocycles. The van der Waals surface area contributed by atoms with Gasteiger partial charge in [0.1, 0.15) is 5.75 Å². The smallest absolute Gasteiger partial charge is 0.240 e. The zero-order valence-corrected chi connectivity index (χ0v) is 19.3. The van der Waals surface area contributed by atoms with E-state index in [9.17, 15) is 18.0 Å². The summed E-state index contributed by atoms with van der Waals surface area (Å²) in [6.45, 7) is 4.24. The molecule has 2 aliphatic heterocycles. The molecule has 0 saturated carbocycles. The topological polar surface area (TPSA) is 105 Å². The summed E-state index contributed by atoms with van der Waals surface area (Å²) < 4.78 is 39.0. The number of carbonyl (C=O) groups is 2. The van der Waals surface area contributed by atoms with Crippen LogP contribution in [0.1, 0.15) is 24.0 Å². The number of nitrogens with one attached hydrogen (secondary N) is 1. The number of hydrogen-bond acceptors (Lipinski definition) is 7. The van der Waals surface area contributed by atoms with Crippen LogP contribution in [0.4, 0.5) is 5.69 Å². The Kier molecular flexibility index (Phi) is 7.08. The van der Waals surface area contributed by atoms with Gasteiger partial charge >= 0.3 is 0 Å². The van der Waals surface area contributed by atoms with Crippen molar-refractivity contribution in [3.8, 4) is 5.75 Å². The van der Waals surface area contributed by atoms with E-state index in [2.05, 4.69) is 9.62 Å². The Hall–Kier alpha value is -2.79. The van der Waals surface area contributed by atoms with Gasteiger partial charge in [0.15, 0.2) is 0 Å². The number of ether oxygens (including phenoxy) is 2. The fourth-order valence-electron chi connectivity index (χ4n) is 3.90. The van der Waals surface area contributed by atoms with E-state index >= 15 is 0 Å².